The molecule has 1 aliphatic rings. The highest BCUT2D eigenvalue weighted by Crippen LogP contribution is 2.25. The van der Waals surface area contributed by atoms with Crippen LogP contribution < -0.4 is 5.32 Å². The maximum atomic E-state index is 5.97. The SMILES string of the molecule is Clc1cnc2[nH]c3c(c2c1)CCNCC3. The molecule has 0 atom stereocenters. The lowest BCUT2D eigenvalue weighted by molar-refractivity contribution is 0.708. The van der Waals surface area contributed by atoms with Crippen LogP contribution in [-0.2, 0) is 12.8 Å². The van der Waals surface area contributed by atoms with E-state index in [1.54, 1.807) is 6.20 Å². The third kappa shape index (κ3) is 1.52. The summed E-state index contributed by atoms with van der Waals surface area (Å²) in [6.45, 7) is 2.07. The smallest absolute Gasteiger partial charge is 0.137 e. The molecule has 2 N–H and O–H groups in total. The van der Waals surface area contributed by atoms with E-state index in [0.29, 0.717) is 5.02 Å². The molecule has 0 unspecified atom stereocenters. The summed E-state index contributed by atoms with van der Waals surface area (Å²) in [6.07, 6.45) is 3.79. The molecule has 0 saturated carbocycles. The highest BCUT2D eigenvalue weighted by Gasteiger charge is 2.14. The van der Waals surface area contributed by atoms with Gasteiger partial charge < -0.3 is 10.3 Å². The minimum absolute atomic E-state index is 0.710. The summed E-state index contributed by atoms with van der Waals surface area (Å²) in [4.78, 5) is 7.68. The fourth-order valence-corrected chi connectivity index (χ4v) is 2.36. The second kappa shape index (κ2) is 3.51. The predicted molar refractivity (Wildman–Crippen MR) is 61.4 cm³/mol. The number of aromatic amines is 1. The summed E-state index contributed by atoms with van der Waals surface area (Å²) < 4.78 is 0. The van der Waals surface area contributed by atoms with E-state index in [2.05, 4.69) is 15.3 Å². The van der Waals surface area contributed by atoms with Crippen LogP contribution in [0.3, 0.4) is 0 Å². The first-order chi connectivity index (χ1) is 7.34. The Labute approximate surface area is 92.8 Å². The number of halogens is 1. The van der Waals surface area contributed by atoms with Gasteiger partial charge in [-0.3, -0.25) is 0 Å². The molecule has 1 aliphatic heterocycles. The van der Waals surface area contributed by atoms with Crippen molar-refractivity contribution in [2.75, 3.05) is 13.1 Å². The van der Waals surface area contributed by atoms with Gasteiger partial charge in [-0.25, -0.2) is 4.98 Å². The lowest BCUT2D eigenvalue weighted by Crippen LogP contribution is -2.16. The van der Waals surface area contributed by atoms with E-state index in [1.165, 1.54) is 16.6 Å². The van der Waals surface area contributed by atoms with Gasteiger partial charge in [0.2, 0.25) is 0 Å². The van der Waals surface area contributed by atoms with Crippen LogP contribution >= 0.6 is 11.6 Å². The average Bonchev–Trinajstić information content (AvgIpc) is 2.44. The van der Waals surface area contributed by atoms with Gasteiger partial charge in [-0.15, -0.1) is 0 Å². The monoisotopic (exact) mass is 221 g/mol. The van der Waals surface area contributed by atoms with Crippen LogP contribution in [0.4, 0.5) is 0 Å². The molecule has 2 aromatic heterocycles. The highest BCUT2D eigenvalue weighted by atomic mass is 35.5. The third-order valence-corrected chi connectivity index (χ3v) is 3.12. The molecule has 3 rings (SSSR count). The van der Waals surface area contributed by atoms with E-state index in [-0.39, 0.29) is 0 Å². The summed E-state index contributed by atoms with van der Waals surface area (Å²) >= 11 is 5.97. The van der Waals surface area contributed by atoms with Gasteiger partial charge >= 0.3 is 0 Å². The van der Waals surface area contributed by atoms with Gasteiger partial charge in [-0.2, -0.15) is 0 Å². The van der Waals surface area contributed by atoms with E-state index in [0.717, 1.165) is 31.6 Å². The van der Waals surface area contributed by atoms with Crippen LogP contribution in [0.25, 0.3) is 11.0 Å². The topological polar surface area (TPSA) is 40.7 Å². The van der Waals surface area contributed by atoms with Gasteiger partial charge in [0.05, 0.1) is 5.02 Å². The van der Waals surface area contributed by atoms with Crippen LogP contribution in [0, 0.1) is 0 Å². The fourth-order valence-electron chi connectivity index (χ4n) is 2.20. The molecule has 0 radical (unpaired) electrons. The number of nitrogens with zero attached hydrogens (tertiary/aromatic N) is 1. The van der Waals surface area contributed by atoms with Crippen LogP contribution in [0.15, 0.2) is 12.3 Å². The normalized spacial score (nSPS) is 16.3. The summed E-state index contributed by atoms with van der Waals surface area (Å²) in [7, 11) is 0. The number of hydrogen-bond acceptors (Lipinski definition) is 2. The Bertz CT molecular complexity index is 504. The molecular weight excluding hydrogens is 210 g/mol. The number of hydrogen-bond donors (Lipinski definition) is 2. The summed E-state index contributed by atoms with van der Waals surface area (Å²) in [6, 6.07) is 2.00. The van der Waals surface area contributed by atoms with Crippen LogP contribution in [0.2, 0.25) is 5.02 Å². The molecule has 0 amide bonds. The van der Waals surface area contributed by atoms with Crippen molar-refractivity contribution in [3.05, 3.63) is 28.5 Å². The van der Waals surface area contributed by atoms with Crippen molar-refractivity contribution in [1.29, 1.82) is 0 Å². The number of nitrogens with one attached hydrogen (secondary N) is 2. The van der Waals surface area contributed by atoms with Crippen molar-refractivity contribution in [2.24, 2.45) is 0 Å². The zero-order valence-electron chi connectivity index (χ0n) is 8.31. The Hall–Kier alpha value is -1.06. The molecular formula is C11H12ClN3. The number of pyridine rings is 1. The fraction of sp³-hybridized carbons (Fsp3) is 0.364. The molecule has 0 fully saturated rings. The number of H-pyrrole nitrogens is 1. The molecule has 0 spiro atoms. The molecule has 4 heteroatoms. The zero-order valence-corrected chi connectivity index (χ0v) is 9.06. The lowest BCUT2D eigenvalue weighted by atomic mass is 10.1. The highest BCUT2D eigenvalue weighted by molar-refractivity contribution is 6.31. The van der Waals surface area contributed by atoms with Crippen LogP contribution in [-0.4, -0.2) is 23.1 Å². The van der Waals surface area contributed by atoms with Crippen molar-refractivity contribution < 1.29 is 0 Å². The number of aromatic nitrogens is 2. The second-order valence-corrected chi connectivity index (χ2v) is 4.32. The standard InChI is InChI=1S/C11H12ClN3/c12-7-5-9-8-1-3-13-4-2-10(8)15-11(9)14-6-7/h5-6,13H,1-4H2,(H,14,15). The Kier molecular flexibility index (Phi) is 2.15. The van der Waals surface area contributed by atoms with Gasteiger partial charge in [0.1, 0.15) is 5.65 Å². The molecule has 0 saturated heterocycles. The van der Waals surface area contributed by atoms with Gasteiger partial charge in [-0.05, 0) is 24.6 Å². The Morgan fingerprint density at radius 2 is 2.13 bits per heavy atom. The third-order valence-electron chi connectivity index (χ3n) is 2.92. The molecule has 2 aromatic rings. The summed E-state index contributed by atoms with van der Waals surface area (Å²) in [5, 5.41) is 5.28. The summed E-state index contributed by atoms with van der Waals surface area (Å²) in [5.41, 5.74) is 3.65. The van der Waals surface area contributed by atoms with Gasteiger partial charge in [0.15, 0.2) is 0 Å². The lowest BCUT2D eigenvalue weighted by Gasteiger charge is -1.97. The van der Waals surface area contributed by atoms with Crippen LogP contribution in [0.1, 0.15) is 11.3 Å². The molecule has 0 aromatic carbocycles. The molecule has 3 nitrogen and oxygen atoms in total. The first kappa shape index (κ1) is 9.19. The summed E-state index contributed by atoms with van der Waals surface area (Å²) in [5.74, 6) is 0. The Morgan fingerprint density at radius 3 is 3.07 bits per heavy atom. The van der Waals surface area contributed by atoms with Crippen molar-refractivity contribution in [1.82, 2.24) is 15.3 Å². The van der Waals surface area contributed by atoms with Gasteiger partial charge in [0.25, 0.3) is 0 Å². The van der Waals surface area contributed by atoms with E-state index in [4.69, 9.17) is 11.6 Å². The van der Waals surface area contributed by atoms with E-state index in [1.807, 2.05) is 6.07 Å². The quantitative estimate of drug-likeness (QED) is 0.714. The molecule has 15 heavy (non-hydrogen) atoms. The zero-order chi connectivity index (χ0) is 10.3. The first-order valence-corrected chi connectivity index (χ1v) is 5.58. The molecule has 3 heterocycles. The van der Waals surface area contributed by atoms with Crippen molar-refractivity contribution >= 4 is 22.6 Å². The minimum Gasteiger partial charge on any atom is -0.343 e. The van der Waals surface area contributed by atoms with Crippen molar-refractivity contribution in [3.63, 3.8) is 0 Å². The van der Waals surface area contributed by atoms with Crippen molar-refractivity contribution in [3.8, 4) is 0 Å². The average molecular weight is 222 g/mol. The number of rotatable bonds is 0. The molecule has 0 bridgehead atoms. The number of fused-ring (bicyclic) bond motifs is 3. The van der Waals surface area contributed by atoms with E-state index >= 15 is 0 Å². The second-order valence-electron chi connectivity index (χ2n) is 3.88. The van der Waals surface area contributed by atoms with Gasteiger partial charge in [-0.1, -0.05) is 11.6 Å². The van der Waals surface area contributed by atoms with E-state index in [9.17, 15) is 0 Å². The predicted octanol–water partition coefficient (Wildman–Crippen LogP) is 1.90. The molecule has 0 aliphatic carbocycles. The maximum Gasteiger partial charge on any atom is 0.137 e. The molecule has 78 valence electrons. The first-order valence-electron chi connectivity index (χ1n) is 5.20. The van der Waals surface area contributed by atoms with Gasteiger partial charge in [0, 0.05) is 30.2 Å². The van der Waals surface area contributed by atoms with Crippen molar-refractivity contribution in [2.45, 2.75) is 12.8 Å². The minimum atomic E-state index is 0.710. The van der Waals surface area contributed by atoms with E-state index < -0.39 is 0 Å². The maximum absolute atomic E-state index is 5.97. The Balaban J connectivity index is 2.24. The largest absolute Gasteiger partial charge is 0.343 e. The Morgan fingerprint density at radius 1 is 1.27 bits per heavy atom. The van der Waals surface area contributed by atoms with Crippen LogP contribution in [0.5, 0.6) is 0 Å².